The molecule has 1 aliphatic heterocycles. The Labute approximate surface area is 175 Å². The summed E-state index contributed by atoms with van der Waals surface area (Å²) >= 11 is 0. The number of hydrogen-bond donors (Lipinski definition) is 2. The van der Waals surface area contributed by atoms with E-state index in [-0.39, 0.29) is 23.7 Å². The molecule has 2 aliphatic carbocycles. The van der Waals surface area contributed by atoms with E-state index in [4.69, 9.17) is 0 Å². The summed E-state index contributed by atoms with van der Waals surface area (Å²) in [5.41, 5.74) is 1.99. The first-order valence-corrected chi connectivity index (χ1v) is 11.1. The monoisotopic (exact) mass is 412 g/mol. The lowest BCUT2D eigenvalue weighted by Gasteiger charge is -2.42. The first-order chi connectivity index (χ1) is 14.5. The van der Waals surface area contributed by atoms with Crippen LogP contribution in [0, 0.1) is 12.7 Å². The van der Waals surface area contributed by atoms with Crippen LogP contribution >= 0.6 is 0 Å². The molecule has 7 heteroatoms. The van der Waals surface area contributed by atoms with E-state index in [0.29, 0.717) is 35.2 Å². The average molecular weight is 413 g/mol. The number of hydrogen-bond acceptors (Lipinski definition) is 3. The van der Waals surface area contributed by atoms with Gasteiger partial charge in [-0.15, -0.1) is 0 Å². The number of aromatic nitrogens is 1. The van der Waals surface area contributed by atoms with Gasteiger partial charge in [0.05, 0.1) is 12.1 Å². The van der Waals surface area contributed by atoms with Gasteiger partial charge in [-0.1, -0.05) is 6.07 Å². The summed E-state index contributed by atoms with van der Waals surface area (Å²) < 4.78 is 14.1. The molecule has 1 saturated heterocycles. The number of nitrogens with one attached hydrogen (secondary N) is 2. The van der Waals surface area contributed by atoms with Crippen LogP contribution < -0.4 is 5.32 Å². The molecule has 6 nitrogen and oxygen atoms in total. The molecular formula is C23H29FN4O2. The number of aryl methyl sites for hydroxylation is 1. The van der Waals surface area contributed by atoms with E-state index in [2.05, 4.69) is 20.1 Å². The molecule has 2 heterocycles. The smallest absolute Gasteiger partial charge is 0.267 e. The second-order valence-corrected chi connectivity index (χ2v) is 9.12. The third kappa shape index (κ3) is 3.71. The van der Waals surface area contributed by atoms with Gasteiger partial charge in [0.1, 0.15) is 11.5 Å². The number of halogens is 1. The van der Waals surface area contributed by atoms with Gasteiger partial charge >= 0.3 is 0 Å². The highest BCUT2D eigenvalue weighted by Gasteiger charge is 2.38. The van der Waals surface area contributed by atoms with Crippen LogP contribution in [0.2, 0.25) is 0 Å². The normalized spacial score (nSPS) is 25.7. The van der Waals surface area contributed by atoms with Crippen molar-refractivity contribution >= 4 is 22.7 Å². The predicted octanol–water partition coefficient (Wildman–Crippen LogP) is 2.96. The SMILES string of the molecule is Cc1ccc(F)c2cc(C(=O)N[C@@H]3CCC[C@@H](N4CCN(C5CC5)C(=O)C4)C3)[nH]c12. The third-order valence-electron chi connectivity index (χ3n) is 6.97. The van der Waals surface area contributed by atoms with Crippen molar-refractivity contribution in [2.75, 3.05) is 19.6 Å². The lowest BCUT2D eigenvalue weighted by Crippen LogP contribution is -2.56. The predicted molar refractivity (Wildman–Crippen MR) is 113 cm³/mol. The number of benzene rings is 1. The molecule has 1 aromatic carbocycles. The molecule has 0 unspecified atom stereocenters. The Balaban J connectivity index is 1.22. The summed E-state index contributed by atoms with van der Waals surface area (Å²) in [6, 6.07) is 5.64. The molecule has 2 atom stereocenters. The van der Waals surface area contributed by atoms with Gasteiger partial charge in [0.15, 0.2) is 0 Å². The molecule has 0 radical (unpaired) electrons. The molecule has 5 rings (SSSR count). The summed E-state index contributed by atoms with van der Waals surface area (Å²) in [5, 5.41) is 3.59. The largest absolute Gasteiger partial charge is 0.350 e. The maximum absolute atomic E-state index is 14.1. The van der Waals surface area contributed by atoms with Crippen molar-refractivity contribution in [3.63, 3.8) is 0 Å². The fraction of sp³-hybridized carbons (Fsp3) is 0.565. The van der Waals surface area contributed by atoms with Crippen molar-refractivity contribution in [2.24, 2.45) is 0 Å². The molecule has 2 saturated carbocycles. The van der Waals surface area contributed by atoms with Gasteiger partial charge in [-0.3, -0.25) is 14.5 Å². The van der Waals surface area contributed by atoms with Crippen LogP contribution in [0.3, 0.4) is 0 Å². The minimum Gasteiger partial charge on any atom is -0.350 e. The lowest BCUT2D eigenvalue weighted by molar-refractivity contribution is -0.138. The molecule has 3 aliphatic rings. The molecule has 2 N–H and O–H groups in total. The highest BCUT2D eigenvalue weighted by atomic mass is 19.1. The first-order valence-electron chi connectivity index (χ1n) is 11.1. The van der Waals surface area contributed by atoms with Crippen LogP contribution in [0.15, 0.2) is 18.2 Å². The quantitative estimate of drug-likeness (QED) is 0.811. The van der Waals surface area contributed by atoms with Crippen LogP contribution in [-0.2, 0) is 4.79 Å². The zero-order valence-electron chi connectivity index (χ0n) is 17.4. The van der Waals surface area contributed by atoms with Gasteiger partial charge in [-0.2, -0.15) is 0 Å². The standard InChI is InChI=1S/C23H29FN4O2/c1-14-5-8-19(24)18-12-20(26-22(14)18)23(30)25-15-3-2-4-17(11-15)27-9-10-28(16-6-7-16)21(29)13-27/h5,8,12,15-17,26H,2-4,6-7,9-11,13H2,1H3,(H,25,30)/t15-,17-/m1/s1. The van der Waals surface area contributed by atoms with E-state index in [9.17, 15) is 14.0 Å². The molecule has 2 aromatic rings. The molecule has 3 fully saturated rings. The number of piperazine rings is 1. The number of fused-ring (bicyclic) bond motifs is 1. The Morgan fingerprint density at radius 2 is 2.00 bits per heavy atom. The number of H-pyrrole nitrogens is 1. The lowest BCUT2D eigenvalue weighted by atomic mass is 9.89. The van der Waals surface area contributed by atoms with Crippen molar-refractivity contribution in [3.05, 3.63) is 35.3 Å². The number of nitrogens with zero attached hydrogens (tertiary/aromatic N) is 2. The topological polar surface area (TPSA) is 68.4 Å². The van der Waals surface area contributed by atoms with E-state index >= 15 is 0 Å². The third-order valence-corrected chi connectivity index (χ3v) is 6.97. The summed E-state index contributed by atoms with van der Waals surface area (Å²) in [6.45, 7) is 4.16. The molecule has 2 amide bonds. The Bertz CT molecular complexity index is 944. The van der Waals surface area contributed by atoms with E-state index in [1.54, 1.807) is 12.1 Å². The van der Waals surface area contributed by atoms with Crippen molar-refractivity contribution in [2.45, 2.75) is 63.6 Å². The van der Waals surface area contributed by atoms with Gasteiger partial charge in [0.25, 0.3) is 5.91 Å². The maximum Gasteiger partial charge on any atom is 0.267 e. The van der Waals surface area contributed by atoms with Gasteiger partial charge in [-0.25, -0.2) is 4.39 Å². The van der Waals surface area contributed by atoms with Crippen LogP contribution in [0.25, 0.3) is 10.9 Å². The zero-order chi connectivity index (χ0) is 20.8. The Hall–Kier alpha value is -2.41. The summed E-state index contributed by atoms with van der Waals surface area (Å²) in [7, 11) is 0. The molecule has 1 aromatic heterocycles. The summed E-state index contributed by atoms with van der Waals surface area (Å²) in [4.78, 5) is 32.8. The van der Waals surface area contributed by atoms with Gasteiger partial charge in [0, 0.05) is 36.6 Å². The molecule has 30 heavy (non-hydrogen) atoms. The van der Waals surface area contributed by atoms with Gasteiger partial charge in [0.2, 0.25) is 5.91 Å². The van der Waals surface area contributed by atoms with Crippen molar-refractivity contribution in [1.82, 2.24) is 20.1 Å². The molecule has 0 bridgehead atoms. The van der Waals surface area contributed by atoms with Gasteiger partial charge in [-0.05, 0) is 63.1 Å². The fourth-order valence-electron chi connectivity index (χ4n) is 5.13. The number of carbonyl (C=O) groups excluding carboxylic acids is 2. The van der Waals surface area contributed by atoms with Crippen LogP contribution in [0.4, 0.5) is 4.39 Å². The second kappa shape index (κ2) is 7.69. The number of aromatic amines is 1. The van der Waals surface area contributed by atoms with E-state index < -0.39 is 0 Å². The number of rotatable bonds is 4. The Morgan fingerprint density at radius 3 is 2.73 bits per heavy atom. The van der Waals surface area contributed by atoms with E-state index in [1.165, 1.54) is 6.07 Å². The highest BCUT2D eigenvalue weighted by Crippen LogP contribution is 2.30. The summed E-state index contributed by atoms with van der Waals surface area (Å²) in [5.74, 6) is -0.255. The van der Waals surface area contributed by atoms with Crippen LogP contribution in [0.5, 0.6) is 0 Å². The average Bonchev–Trinajstić information content (AvgIpc) is 3.47. The minimum atomic E-state index is -0.321. The van der Waals surface area contributed by atoms with E-state index in [0.717, 1.165) is 57.2 Å². The van der Waals surface area contributed by atoms with Crippen LogP contribution in [0.1, 0.15) is 54.6 Å². The fourth-order valence-corrected chi connectivity index (χ4v) is 5.13. The Morgan fingerprint density at radius 1 is 1.17 bits per heavy atom. The van der Waals surface area contributed by atoms with Crippen LogP contribution in [-0.4, -0.2) is 64.4 Å². The molecule has 0 spiro atoms. The number of amides is 2. The van der Waals surface area contributed by atoms with Gasteiger partial charge < -0.3 is 15.2 Å². The second-order valence-electron chi connectivity index (χ2n) is 9.12. The molecule has 160 valence electrons. The first kappa shape index (κ1) is 19.5. The zero-order valence-corrected chi connectivity index (χ0v) is 17.4. The Kier molecular flexibility index (Phi) is 5.01. The van der Waals surface area contributed by atoms with Crippen molar-refractivity contribution in [1.29, 1.82) is 0 Å². The van der Waals surface area contributed by atoms with Crippen molar-refractivity contribution < 1.29 is 14.0 Å². The summed E-state index contributed by atoms with van der Waals surface area (Å²) in [6.07, 6.45) is 6.20. The van der Waals surface area contributed by atoms with Crippen molar-refractivity contribution in [3.8, 4) is 0 Å². The molecular weight excluding hydrogens is 383 g/mol. The maximum atomic E-state index is 14.1. The number of carbonyl (C=O) groups is 2. The van der Waals surface area contributed by atoms with E-state index in [1.807, 2.05) is 6.92 Å². The highest BCUT2D eigenvalue weighted by molar-refractivity contribution is 5.99. The minimum absolute atomic E-state index is 0.0742.